The highest BCUT2D eigenvalue weighted by atomic mass is 15.2. The summed E-state index contributed by atoms with van der Waals surface area (Å²) in [6.45, 7) is 10.4. The summed E-state index contributed by atoms with van der Waals surface area (Å²) in [5.41, 5.74) is 3.41. The lowest BCUT2D eigenvalue weighted by atomic mass is 10.0. The largest absolute Gasteiger partial charge is 0.373 e. The summed E-state index contributed by atoms with van der Waals surface area (Å²) in [5, 5.41) is 0. The minimum Gasteiger partial charge on any atom is -0.373 e. The molecule has 0 aromatic heterocycles. The predicted octanol–water partition coefficient (Wildman–Crippen LogP) is 3.33. The molecule has 0 N–H and O–H groups in total. The Labute approximate surface area is 117 Å². The molecule has 0 aliphatic carbocycles. The Bertz CT molecular complexity index is 464. The van der Waals surface area contributed by atoms with Crippen molar-refractivity contribution in [3.63, 3.8) is 0 Å². The van der Waals surface area contributed by atoms with Gasteiger partial charge in [-0.2, -0.15) is 0 Å². The molecular formula is C17H24N2. The Morgan fingerprint density at radius 1 is 1.47 bits per heavy atom. The van der Waals surface area contributed by atoms with Crippen LogP contribution in [0.3, 0.4) is 0 Å². The lowest BCUT2D eigenvalue weighted by molar-refractivity contribution is 0.262. The summed E-state index contributed by atoms with van der Waals surface area (Å²) in [6.07, 6.45) is 4.50. The molecule has 1 fully saturated rings. The first-order valence-corrected chi connectivity index (χ1v) is 6.95. The summed E-state index contributed by atoms with van der Waals surface area (Å²) in [5.74, 6) is 0. The van der Waals surface area contributed by atoms with E-state index in [2.05, 4.69) is 55.3 Å². The molecule has 1 saturated heterocycles. The molecule has 102 valence electrons. The molecule has 2 heteroatoms. The first-order chi connectivity index (χ1) is 9.13. The smallest absolute Gasteiger partial charge is 0.0370 e. The van der Waals surface area contributed by atoms with E-state index in [-0.39, 0.29) is 0 Å². The standard InChI is InChI=1S/C17H24N2/c1-5-15-9-6-7-11-17(15)14(2)19(4)13-16-10-8-12-18(16)3/h5-7,9,11,16H,1-2,8,10,12-13H2,3-4H3. The van der Waals surface area contributed by atoms with Gasteiger partial charge in [-0.15, -0.1) is 0 Å². The molecule has 1 aromatic rings. The minimum absolute atomic E-state index is 0.651. The van der Waals surface area contributed by atoms with Crippen LogP contribution in [0.4, 0.5) is 0 Å². The molecule has 1 unspecified atom stereocenters. The van der Waals surface area contributed by atoms with Gasteiger partial charge in [0, 0.05) is 30.9 Å². The Hall–Kier alpha value is -1.54. The van der Waals surface area contributed by atoms with E-state index in [9.17, 15) is 0 Å². The van der Waals surface area contributed by atoms with Gasteiger partial charge in [0.05, 0.1) is 0 Å². The van der Waals surface area contributed by atoms with Crippen LogP contribution in [0.5, 0.6) is 0 Å². The molecule has 0 radical (unpaired) electrons. The van der Waals surface area contributed by atoms with Crippen LogP contribution in [0.1, 0.15) is 24.0 Å². The van der Waals surface area contributed by atoms with E-state index in [4.69, 9.17) is 0 Å². The normalized spacial score (nSPS) is 19.4. The lowest BCUT2D eigenvalue weighted by Gasteiger charge is -2.29. The average molecular weight is 256 g/mol. The van der Waals surface area contributed by atoms with Crippen LogP contribution in [0.25, 0.3) is 11.8 Å². The number of hydrogen-bond donors (Lipinski definition) is 0. The molecule has 0 spiro atoms. The molecule has 2 rings (SSSR count). The van der Waals surface area contributed by atoms with Gasteiger partial charge in [-0.05, 0) is 32.0 Å². The Morgan fingerprint density at radius 3 is 2.84 bits per heavy atom. The van der Waals surface area contributed by atoms with Gasteiger partial charge in [0.15, 0.2) is 0 Å². The SMILES string of the molecule is C=Cc1ccccc1C(=C)N(C)CC1CCCN1C. The van der Waals surface area contributed by atoms with Crippen molar-refractivity contribution in [1.82, 2.24) is 9.80 Å². The van der Waals surface area contributed by atoms with Crippen LogP contribution in [-0.2, 0) is 0 Å². The Balaban J connectivity index is 2.08. The fraction of sp³-hybridized carbons (Fsp3) is 0.412. The fourth-order valence-corrected chi connectivity index (χ4v) is 2.78. The second-order valence-electron chi connectivity index (χ2n) is 5.40. The molecule has 2 nitrogen and oxygen atoms in total. The third-order valence-corrected chi connectivity index (χ3v) is 4.11. The molecular weight excluding hydrogens is 232 g/mol. The summed E-state index contributed by atoms with van der Waals surface area (Å²) < 4.78 is 0. The van der Waals surface area contributed by atoms with Crippen LogP contribution in [0, 0.1) is 0 Å². The molecule has 1 heterocycles. The van der Waals surface area contributed by atoms with Crippen molar-refractivity contribution < 1.29 is 0 Å². The van der Waals surface area contributed by atoms with E-state index in [0.717, 1.165) is 17.8 Å². The molecule has 0 saturated carbocycles. The van der Waals surface area contributed by atoms with E-state index in [0.29, 0.717) is 6.04 Å². The number of likely N-dealkylation sites (tertiary alicyclic amines) is 1. The highest BCUT2D eigenvalue weighted by molar-refractivity contribution is 5.71. The van der Waals surface area contributed by atoms with E-state index >= 15 is 0 Å². The maximum atomic E-state index is 4.26. The maximum Gasteiger partial charge on any atom is 0.0370 e. The number of rotatable bonds is 5. The summed E-state index contributed by atoms with van der Waals surface area (Å²) in [7, 11) is 4.35. The molecule has 1 aromatic carbocycles. The summed E-state index contributed by atoms with van der Waals surface area (Å²) in [4.78, 5) is 4.72. The van der Waals surface area contributed by atoms with Gasteiger partial charge in [-0.25, -0.2) is 0 Å². The van der Waals surface area contributed by atoms with Crippen molar-refractivity contribution in [2.24, 2.45) is 0 Å². The van der Waals surface area contributed by atoms with Crippen molar-refractivity contribution in [2.75, 3.05) is 27.2 Å². The van der Waals surface area contributed by atoms with Crippen molar-refractivity contribution in [2.45, 2.75) is 18.9 Å². The average Bonchev–Trinajstić information content (AvgIpc) is 2.83. The predicted molar refractivity (Wildman–Crippen MR) is 83.8 cm³/mol. The van der Waals surface area contributed by atoms with Gasteiger partial charge in [-0.1, -0.05) is 43.5 Å². The highest BCUT2D eigenvalue weighted by Gasteiger charge is 2.22. The van der Waals surface area contributed by atoms with Crippen molar-refractivity contribution in [3.05, 3.63) is 48.6 Å². The number of likely N-dealkylation sites (N-methyl/N-ethyl adjacent to an activating group) is 2. The monoisotopic (exact) mass is 256 g/mol. The van der Waals surface area contributed by atoms with Crippen LogP contribution in [0.2, 0.25) is 0 Å². The number of benzene rings is 1. The van der Waals surface area contributed by atoms with Crippen LogP contribution in [0.15, 0.2) is 37.4 Å². The molecule has 1 aliphatic heterocycles. The summed E-state index contributed by atoms with van der Waals surface area (Å²) >= 11 is 0. The topological polar surface area (TPSA) is 6.48 Å². The van der Waals surface area contributed by atoms with Gasteiger partial charge in [-0.3, -0.25) is 0 Å². The Kier molecular flexibility index (Phi) is 4.43. The number of nitrogens with zero attached hydrogens (tertiary/aromatic N) is 2. The zero-order valence-electron chi connectivity index (χ0n) is 12.1. The van der Waals surface area contributed by atoms with Gasteiger partial charge in [0.2, 0.25) is 0 Å². The minimum atomic E-state index is 0.651. The van der Waals surface area contributed by atoms with E-state index in [1.807, 2.05) is 12.1 Å². The summed E-state index contributed by atoms with van der Waals surface area (Å²) in [6, 6.07) is 8.96. The van der Waals surface area contributed by atoms with Crippen LogP contribution >= 0.6 is 0 Å². The molecule has 19 heavy (non-hydrogen) atoms. The van der Waals surface area contributed by atoms with E-state index < -0.39 is 0 Å². The van der Waals surface area contributed by atoms with Crippen molar-refractivity contribution in [3.8, 4) is 0 Å². The fourth-order valence-electron chi connectivity index (χ4n) is 2.78. The van der Waals surface area contributed by atoms with Crippen LogP contribution in [-0.4, -0.2) is 43.0 Å². The van der Waals surface area contributed by atoms with E-state index in [1.54, 1.807) is 0 Å². The van der Waals surface area contributed by atoms with Crippen molar-refractivity contribution in [1.29, 1.82) is 0 Å². The number of hydrogen-bond acceptors (Lipinski definition) is 2. The van der Waals surface area contributed by atoms with Gasteiger partial charge < -0.3 is 9.80 Å². The van der Waals surface area contributed by atoms with Gasteiger partial charge in [0.25, 0.3) is 0 Å². The Morgan fingerprint density at radius 2 is 2.21 bits per heavy atom. The third-order valence-electron chi connectivity index (χ3n) is 4.11. The quantitative estimate of drug-likeness (QED) is 0.797. The highest BCUT2D eigenvalue weighted by Crippen LogP contribution is 2.23. The van der Waals surface area contributed by atoms with Crippen LogP contribution < -0.4 is 0 Å². The third kappa shape index (κ3) is 3.07. The first kappa shape index (κ1) is 13.9. The van der Waals surface area contributed by atoms with Gasteiger partial charge >= 0.3 is 0 Å². The zero-order chi connectivity index (χ0) is 13.8. The first-order valence-electron chi connectivity index (χ1n) is 6.95. The molecule has 1 atom stereocenters. The molecule has 0 amide bonds. The van der Waals surface area contributed by atoms with Crippen molar-refractivity contribution >= 4 is 11.8 Å². The second kappa shape index (κ2) is 6.07. The molecule has 1 aliphatic rings. The van der Waals surface area contributed by atoms with E-state index in [1.165, 1.54) is 24.9 Å². The zero-order valence-corrected chi connectivity index (χ0v) is 12.1. The lowest BCUT2D eigenvalue weighted by Crippen LogP contribution is -2.35. The second-order valence-corrected chi connectivity index (χ2v) is 5.40. The maximum absolute atomic E-state index is 4.26. The molecule has 0 bridgehead atoms. The van der Waals surface area contributed by atoms with Gasteiger partial charge in [0.1, 0.15) is 0 Å².